The molecular formula is C17H20FN3O2S. The first-order chi connectivity index (χ1) is 11.7. The summed E-state index contributed by atoms with van der Waals surface area (Å²) in [5, 5.41) is 5.26. The number of ether oxygens (including phenoxy) is 1. The number of hydrogen-bond acceptors (Lipinski definition) is 5. The Balaban J connectivity index is 1.43. The van der Waals surface area contributed by atoms with Crippen molar-refractivity contribution in [2.24, 2.45) is 0 Å². The zero-order valence-electron chi connectivity index (χ0n) is 13.3. The summed E-state index contributed by atoms with van der Waals surface area (Å²) in [4.78, 5) is 18.2. The first-order valence-corrected chi connectivity index (χ1v) is 8.91. The topological polar surface area (TPSA) is 54.5 Å². The third-order valence-corrected chi connectivity index (χ3v) is 4.60. The van der Waals surface area contributed by atoms with Crippen LogP contribution in [-0.4, -0.2) is 41.5 Å². The van der Waals surface area contributed by atoms with Gasteiger partial charge in [0, 0.05) is 31.1 Å². The average Bonchev–Trinajstić information content (AvgIpc) is 3.08. The molecule has 0 saturated carbocycles. The lowest BCUT2D eigenvalue weighted by Crippen LogP contribution is -2.42. The Hall–Kier alpha value is -1.99. The number of likely N-dealkylation sites (tertiary alicyclic amines) is 1. The minimum Gasteiger partial charge on any atom is -0.489 e. The van der Waals surface area contributed by atoms with E-state index < -0.39 is 0 Å². The second-order valence-corrected chi connectivity index (χ2v) is 6.67. The molecule has 1 aromatic carbocycles. The number of hydrogen-bond donors (Lipinski definition) is 1. The highest BCUT2D eigenvalue weighted by molar-refractivity contribution is 7.13. The Bertz CT molecular complexity index is 648. The van der Waals surface area contributed by atoms with Crippen LogP contribution < -0.4 is 10.1 Å². The molecule has 0 radical (unpaired) electrons. The molecule has 24 heavy (non-hydrogen) atoms. The van der Waals surface area contributed by atoms with E-state index >= 15 is 0 Å². The molecule has 0 unspecified atom stereocenters. The second kappa shape index (κ2) is 8.21. The summed E-state index contributed by atoms with van der Waals surface area (Å²) in [6.07, 6.45) is 4.18. The van der Waals surface area contributed by atoms with E-state index in [9.17, 15) is 9.18 Å². The molecular weight excluding hydrogens is 329 g/mol. The second-order valence-electron chi connectivity index (χ2n) is 5.77. The van der Waals surface area contributed by atoms with E-state index in [0.717, 1.165) is 25.9 Å². The van der Waals surface area contributed by atoms with Crippen molar-refractivity contribution in [1.82, 2.24) is 9.88 Å². The number of rotatable bonds is 6. The van der Waals surface area contributed by atoms with Crippen LogP contribution >= 0.6 is 11.3 Å². The van der Waals surface area contributed by atoms with E-state index in [1.54, 1.807) is 18.3 Å². The smallest absolute Gasteiger partial charge is 0.227 e. The molecule has 2 aromatic rings. The van der Waals surface area contributed by atoms with Crippen LogP contribution in [0, 0.1) is 5.82 Å². The molecule has 0 bridgehead atoms. The van der Waals surface area contributed by atoms with Crippen LogP contribution in [0.15, 0.2) is 35.8 Å². The van der Waals surface area contributed by atoms with E-state index in [-0.39, 0.29) is 17.8 Å². The van der Waals surface area contributed by atoms with Gasteiger partial charge in [-0.25, -0.2) is 9.37 Å². The van der Waals surface area contributed by atoms with Gasteiger partial charge in [-0.1, -0.05) is 0 Å². The molecule has 1 amide bonds. The largest absolute Gasteiger partial charge is 0.489 e. The maximum absolute atomic E-state index is 12.9. The molecule has 1 N–H and O–H groups in total. The Kier molecular flexibility index (Phi) is 5.77. The Labute approximate surface area is 144 Å². The monoisotopic (exact) mass is 349 g/mol. The fraction of sp³-hybridized carbons (Fsp3) is 0.412. The van der Waals surface area contributed by atoms with Gasteiger partial charge in [0.2, 0.25) is 5.91 Å². The maximum Gasteiger partial charge on any atom is 0.227 e. The summed E-state index contributed by atoms with van der Waals surface area (Å²) in [7, 11) is 0. The molecule has 1 aliphatic heterocycles. The first kappa shape index (κ1) is 16.9. The zero-order chi connectivity index (χ0) is 16.8. The van der Waals surface area contributed by atoms with E-state index in [1.807, 2.05) is 5.38 Å². The number of thiazole rings is 1. The number of amides is 1. The highest BCUT2D eigenvalue weighted by Crippen LogP contribution is 2.19. The number of aromatic nitrogens is 1. The summed E-state index contributed by atoms with van der Waals surface area (Å²) in [6.45, 7) is 2.44. The van der Waals surface area contributed by atoms with E-state index in [0.29, 0.717) is 23.8 Å². The number of nitrogens with one attached hydrogen (secondary N) is 1. The van der Waals surface area contributed by atoms with Gasteiger partial charge in [0.25, 0.3) is 0 Å². The van der Waals surface area contributed by atoms with Crippen molar-refractivity contribution in [1.29, 1.82) is 0 Å². The molecule has 0 aliphatic carbocycles. The molecule has 5 nitrogen and oxygen atoms in total. The molecule has 1 aromatic heterocycles. The Morgan fingerprint density at radius 3 is 3.00 bits per heavy atom. The van der Waals surface area contributed by atoms with Crippen molar-refractivity contribution in [2.75, 3.05) is 25.0 Å². The number of nitrogens with zero attached hydrogens (tertiary/aromatic N) is 2. The third-order valence-electron chi connectivity index (χ3n) is 3.91. The minimum atomic E-state index is -0.265. The van der Waals surface area contributed by atoms with Gasteiger partial charge in [-0.3, -0.25) is 9.69 Å². The van der Waals surface area contributed by atoms with Gasteiger partial charge in [-0.05, 0) is 43.7 Å². The number of anilines is 1. The summed E-state index contributed by atoms with van der Waals surface area (Å²) in [6, 6.07) is 6.10. The number of halogens is 1. The van der Waals surface area contributed by atoms with E-state index in [2.05, 4.69) is 15.2 Å². The standard InChI is InChI=1S/C17H20FN3O2S/c18-13-3-5-14(6-4-13)23-15-2-1-9-21(12-15)10-7-16(22)20-17-19-8-11-24-17/h3-6,8,11,15H,1-2,7,9-10,12H2,(H,19,20,22)/t15-/m0/s1. The number of benzene rings is 1. The molecule has 0 spiro atoms. The van der Waals surface area contributed by atoms with Crippen LogP contribution in [0.25, 0.3) is 0 Å². The van der Waals surface area contributed by atoms with Crippen molar-refractivity contribution < 1.29 is 13.9 Å². The van der Waals surface area contributed by atoms with Crippen LogP contribution in [0.1, 0.15) is 19.3 Å². The van der Waals surface area contributed by atoms with Gasteiger partial charge in [0.15, 0.2) is 5.13 Å². The fourth-order valence-electron chi connectivity index (χ4n) is 2.74. The molecule has 3 rings (SSSR count). The predicted molar refractivity (Wildman–Crippen MR) is 91.9 cm³/mol. The quantitative estimate of drug-likeness (QED) is 0.870. The lowest BCUT2D eigenvalue weighted by molar-refractivity contribution is -0.116. The molecule has 1 atom stereocenters. The van der Waals surface area contributed by atoms with Gasteiger partial charge in [0.05, 0.1) is 0 Å². The summed E-state index contributed by atoms with van der Waals surface area (Å²) in [5.41, 5.74) is 0. The van der Waals surface area contributed by atoms with Crippen molar-refractivity contribution in [3.05, 3.63) is 41.7 Å². The van der Waals surface area contributed by atoms with Crippen LogP contribution in [0.4, 0.5) is 9.52 Å². The van der Waals surface area contributed by atoms with Gasteiger partial charge in [0.1, 0.15) is 17.7 Å². The highest BCUT2D eigenvalue weighted by Gasteiger charge is 2.21. The van der Waals surface area contributed by atoms with Crippen molar-refractivity contribution >= 4 is 22.4 Å². The molecule has 1 aliphatic rings. The maximum atomic E-state index is 12.9. The third kappa shape index (κ3) is 5.01. The fourth-order valence-corrected chi connectivity index (χ4v) is 3.29. The van der Waals surface area contributed by atoms with Crippen LogP contribution in [0.2, 0.25) is 0 Å². The van der Waals surface area contributed by atoms with Gasteiger partial charge in [-0.2, -0.15) is 0 Å². The predicted octanol–water partition coefficient (Wildman–Crippen LogP) is 3.15. The SMILES string of the molecule is O=C(CCN1CCC[C@H](Oc2ccc(F)cc2)C1)Nc1nccs1. The molecule has 128 valence electrons. The van der Waals surface area contributed by atoms with Crippen LogP contribution in [0.3, 0.4) is 0 Å². The average molecular weight is 349 g/mol. The lowest BCUT2D eigenvalue weighted by atomic mass is 10.1. The minimum absolute atomic E-state index is 0.0217. The highest BCUT2D eigenvalue weighted by atomic mass is 32.1. The first-order valence-electron chi connectivity index (χ1n) is 8.03. The number of carbonyl (C=O) groups excluding carboxylic acids is 1. The molecule has 7 heteroatoms. The summed E-state index contributed by atoms with van der Waals surface area (Å²) >= 11 is 1.41. The van der Waals surface area contributed by atoms with Gasteiger partial charge in [-0.15, -0.1) is 11.3 Å². The molecule has 2 heterocycles. The Morgan fingerprint density at radius 2 is 2.25 bits per heavy atom. The van der Waals surface area contributed by atoms with Crippen molar-refractivity contribution in [3.63, 3.8) is 0 Å². The molecule has 1 saturated heterocycles. The lowest BCUT2D eigenvalue weighted by Gasteiger charge is -2.32. The van der Waals surface area contributed by atoms with E-state index in [4.69, 9.17) is 4.74 Å². The summed E-state index contributed by atoms with van der Waals surface area (Å²) < 4.78 is 18.8. The van der Waals surface area contributed by atoms with Crippen molar-refractivity contribution in [2.45, 2.75) is 25.4 Å². The number of piperidine rings is 1. The van der Waals surface area contributed by atoms with Crippen molar-refractivity contribution in [3.8, 4) is 5.75 Å². The van der Waals surface area contributed by atoms with E-state index in [1.165, 1.54) is 23.5 Å². The van der Waals surface area contributed by atoms with Gasteiger partial charge < -0.3 is 10.1 Å². The van der Waals surface area contributed by atoms with Crippen LogP contribution in [-0.2, 0) is 4.79 Å². The summed E-state index contributed by atoms with van der Waals surface area (Å²) in [5.74, 6) is 0.398. The van der Waals surface area contributed by atoms with Crippen LogP contribution in [0.5, 0.6) is 5.75 Å². The molecule has 1 fully saturated rings. The normalized spacial score (nSPS) is 18.3. The zero-order valence-corrected chi connectivity index (χ0v) is 14.1. The number of carbonyl (C=O) groups is 1. The van der Waals surface area contributed by atoms with Gasteiger partial charge >= 0.3 is 0 Å². The Morgan fingerprint density at radius 1 is 1.42 bits per heavy atom.